The molecule has 1 atom stereocenters. The first-order valence-corrected chi connectivity index (χ1v) is 9.62. The van der Waals surface area contributed by atoms with Crippen molar-refractivity contribution in [3.8, 4) is 11.6 Å². The molecule has 28 heavy (non-hydrogen) atoms. The van der Waals surface area contributed by atoms with Crippen LogP contribution in [0, 0.1) is 5.80 Å². The number of ketones is 2. The Hall–Kier alpha value is -1.92. The Morgan fingerprint density at radius 2 is 2.07 bits per heavy atom. The van der Waals surface area contributed by atoms with Gasteiger partial charge in [-0.2, -0.15) is 0 Å². The minimum atomic E-state index is -0.143. The zero-order chi connectivity index (χ0) is 20.6. The monoisotopic (exact) mass is 387 g/mol. The Morgan fingerprint density at radius 3 is 2.82 bits per heavy atom. The summed E-state index contributed by atoms with van der Waals surface area (Å²) in [7, 11) is 6.98. The Kier molecular flexibility index (Phi) is 13.0. The first-order valence-electron chi connectivity index (χ1n) is 9.62. The molecule has 0 aliphatic carbocycles. The van der Waals surface area contributed by atoms with E-state index < -0.39 is 0 Å². The average Bonchev–Trinajstić information content (AvgIpc) is 2.70. The Bertz CT molecular complexity index is 644. The van der Waals surface area contributed by atoms with Gasteiger partial charge in [0.15, 0.2) is 5.78 Å². The zero-order valence-electron chi connectivity index (χ0n) is 16.9. The van der Waals surface area contributed by atoms with Gasteiger partial charge < -0.3 is 5.32 Å². The van der Waals surface area contributed by atoms with Gasteiger partial charge in [0, 0.05) is 12.0 Å². The van der Waals surface area contributed by atoms with Gasteiger partial charge in [-0.25, -0.2) is 0 Å². The summed E-state index contributed by atoms with van der Waals surface area (Å²) in [6.45, 7) is 3.84. The molecule has 0 amide bonds. The molecule has 1 rings (SSSR count). The van der Waals surface area contributed by atoms with Crippen molar-refractivity contribution >= 4 is 18.9 Å². The fourth-order valence-corrected chi connectivity index (χ4v) is 2.37. The molecule has 152 valence electrons. The van der Waals surface area contributed by atoms with Gasteiger partial charge >= 0.3 is 90.2 Å². The number of rotatable bonds is 16. The Morgan fingerprint density at radius 1 is 1.25 bits per heavy atom. The first kappa shape index (κ1) is 24.1. The number of hydrogen-bond acceptors (Lipinski definition) is 6. The van der Waals surface area contributed by atoms with Gasteiger partial charge in [0.25, 0.3) is 0 Å². The standard InChI is InChI=1S/C21H30BNO5/c1-17(27-13-12-26-16-19(24)7-4-10-22)15-28-20-8-3-6-18(14-20)21(25)9-5-11-23-2/h3,6,8,14,17,23H,4-5,7,9,11-13,15-16H2,1-2H3. The van der Waals surface area contributed by atoms with Crippen molar-refractivity contribution in [1.82, 2.24) is 5.32 Å². The normalized spacial score (nSPS) is 11.7. The number of Topliss-reactive ketones (excluding diaryl/α,β-unsaturated/α-hetero) is 2. The number of carbonyl (C=O) groups excluding carboxylic acids is 2. The van der Waals surface area contributed by atoms with Crippen LogP contribution in [0.25, 0.3) is 0 Å². The number of benzene rings is 1. The van der Waals surface area contributed by atoms with Crippen LogP contribution in [-0.4, -0.2) is 65.0 Å². The molecule has 1 aromatic rings. The predicted octanol–water partition coefficient (Wildman–Crippen LogP) is 2.15. The van der Waals surface area contributed by atoms with Gasteiger partial charge in [-0.15, -0.1) is 0 Å². The van der Waals surface area contributed by atoms with E-state index in [1.165, 1.54) is 0 Å². The third kappa shape index (κ3) is 11.0. The van der Waals surface area contributed by atoms with Crippen molar-refractivity contribution in [2.24, 2.45) is 0 Å². The van der Waals surface area contributed by atoms with Crippen molar-refractivity contribution in [3.05, 3.63) is 29.8 Å². The van der Waals surface area contributed by atoms with Crippen molar-refractivity contribution in [2.45, 2.75) is 38.7 Å². The van der Waals surface area contributed by atoms with Crippen LogP contribution in [-0.2, 0) is 14.3 Å². The molecular formula is C21H30BNO5. The summed E-state index contributed by atoms with van der Waals surface area (Å²) in [6.07, 6.45) is 1.96. The molecule has 7 heteroatoms. The smallest absolute Gasteiger partial charge is 0.320 e. The van der Waals surface area contributed by atoms with E-state index in [0.29, 0.717) is 50.4 Å². The average molecular weight is 387 g/mol. The molecule has 0 saturated carbocycles. The second-order valence-corrected chi connectivity index (χ2v) is 6.45. The van der Waals surface area contributed by atoms with Crippen LogP contribution in [0.5, 0.6) is 5.75 Å². The van der Waals surface area contributed by atoms with E-state index in [9.17, 15) is 9.59 Å². The Labute approximate surface area is 168 Å². The molecule has 1 unspecified atom stereocenters. The molecule has 0 saturated heterocycles. The van der Waals surface area contributed by atoms with Gasteiger partial charge in [0.1, 0.15) is 5.75 Å². The molecule has 0 aromatic heterocycles. The molecule has 0 aliphatic heterocycles. The van der Waals surface area contributed by atoms with Crippen LogP contribution >= 0.6 is 0 Å². The van der Waals surface area contributed by atoms with Crippen LogP contribution in [0.4, 0.5) is 0 Å². The van der Waals surface area contributed by atoms with Crippen molar-refractivity contribution in [2.75, 3.05) is 40.0 Å². The van der Waals surface area contributed by atoms with E-state index in [0.717, 1.165) is 13.0 Å². The van der Waals surface area contributed by atoms with Gasteiger partial charge in [0.05, 0.1) is 0 Å². The fraction of sp³-hybridized carbons (Fsp3) is 0.571. The predicted molar refractivity (Wildman–Crippen MR) is 110 cm³/mol. The molecule has 0 heterocycles. The summed E-state index contributed by atoms with van der Waals surface area (Å²) >= 11 is 0. The van der Waals surface area contributed by atoms with Gasteiger partial charge in [-0.3, -0.25) is 4.79 Å². The maximum atomic E-state index is 12.2. The van der Waals surface area contributed by atoms with Gasteiger partial charge in [-0.05, 0) is 32.1 Å². The molecule has 1 N–H and O–H groups in total. The summed E-state index contributed by atoms with van der Waals surface area (Å²) in [4.78, 5) is 23.6. The van der Waals surface area contributed by atoms with E-state index in [-0.39, 0.29) is 24.3 Å². The Balaban J connectivity index is 2.23. The van der Waals surface area contributed by atoms with E-state index in [4.69, 9.17) is 21.5 Å². The van der Waals surface area contributed by atoms with Gasteiger partial charge in [-0.1, -0.05) is 12.1 Å². The van der Waals surface area contributed by atoms with Crippen LogP contribution in [0.2, 0.25) is 0 Å². The molecule has 1 aromatic carbocycles. The summed E-state index contributed by atoms with van der Waals surface area (Å²) in [5.41, 5.74) is 0.657. The first-order chi connectivity index (χ1) is 13.6. The van der Waals surface area contributed by atoms with Crippen LogP contribution in [0.15, 0.2) is 24.3 Å². The summed E-state index contributed by atoms with van der Waals surface area (Å²) in [5, 5.41) is 3.03. The maximum absolute atomic E-state index is 12.2. The third-order valence-electron chi connectivity index (χ3n) is 3.91. The van der Waals surface area contributed by atoms with Crippen molar-refractivity contribution in [1.29, 1.82) is 0 Å². The minimum absolute atomic E-state index is 0.00489. The third-order valence-corrected chi connectivity index (χ3v) is 3.91. The molecule has 0 spiro atoms. The second-order valence-electron chi connectivity index (χ2n) is 6.45. The summed E-state index contributed by atoms with van der Waals surface area (Å²) in [6, 6.07) is 7.20. The molecule has 0 fully saturated rings. The second kappa shape index (κ2) is 15.1. The van der Waals surface area contributed by atoms with E-state index in [1.807, 2.05) is 26.1 Å². The van der Waals surface area contributed by atoms with Crippen molar-refractivity contribution in [3.63, 3.8) is 0 Å². The fourth-order valence-electron chi connectivity index (χ4n) is 2.37. The molecular weight excluding hydrogens is 357 g/mol. The van der Waals surface area contributed by atoms with Crippen LogP contribution < -0.4 is 10.1 Å². The summed E-state index contributed by atoms with van der Waals surface area (Å²) in [5.74, 6) is 3.18. The van der Waals surface area contributed by atoms with Crippen LogP contribution in [0.3, 0.4) is 0 Å². The topological polar surface area (TPSA) is 73.9 Å². The molecule has 6 nitrogen and oxygen atoms in total. The van der Waals surface area contributed by atoms with E-state index >= 15 is 0 Å². The number of carbonyl (C=O) groups is 2. The molecule has 0 aliphatic rings. The zero-order valence-corrected chi connectivity index (χ0v) is 16.9. The van der Waals surface area contributed by atoms with Gasteiger partial charge in [0.2, 0.25) is 0 Å². The minimum Gasteiger partial charge on any atom is -0.320 e. The van der Waals surface area contributed by atoms with E-state index in [1.54, 1.807) is 12.1 Å². The molecule has 0 bridgehead atoms. The van der Waals surface area contributed by atoms with Crippen LogP contribution in [0.1, 0.15) is 43.0 Å². The number of ether oxygens (including phenoxy) is 3. The number of hydrogen-bond donors (Lipinski definition) is 1. The number of nitrogens with one attached hydrogen (secondary N) is 1. The van der Waals surface area contributed by atoms with E-state index in [2.05, 4.69) is 11.1 Å². The summed E-state index contributed by atoms with van der Waals surface area (Å²) < 4.78 is 16.6. The quantitative estimate of drug-likeness (QED) is 0.266. The molecule has 0 radical (unpaired) electrons. The SMILES string of the molecule is B#CCCC(=O)COCCOC(C)COc1cccc(C(=O)CCCNC)c1. The van der Waals surface area contributed by atoms with Crippen molar-refractivity contribution < 1.29 is 23.8 Å².